The van der Waals surface area contributed by atoms with Crippen LogP contribution in [0.1, 0.15) is 29.4 Å². The topological polar surface area (TPSA) is 167 Å². The Morgan fingerprint density at radius 2 is 1.79 bits per heavy atom. The number of furan rings is 2. The molecule has 1 unspecified atom stereocenters. The second-order valence-electron chi connectivity index (χ2n) is 6.84. The molecule has 0 aliphatic rings. The first kappa shape index (κ1) is 28.1. The van der Waals surface area contributed by atoms with Crippen LogP contribution in [-0.2, 0) is 12.3 Å². The van der Waals surface area contributed by atoms with Crippen LogP contribution in [0.5, 0.6) is 0 Å². The van der Waals surface area contributed by atoms with Crippen molar-refractivity contribution in [2.24, 2.45) is 15.9 Å². The summed E-state index contributed by atoms with van der Waals surface area (Å²) >= 11 is 0. The van der Waals surface area contributed by atoms with Crippen LogP contribution in [0.4, 0.5) is 17.7 Å². The van der Waals surface area contributed by atoms with Crippen molar-refractivity contribution in [1.29, 1.82) is 0 Å². The van der Waals surface area contributed by atoms with E-state index in [-0.39, 0.29) is 24.2 Å². The number of rotatable bonds is 8. The van der Waals surface area contributed by atoms with Crippen LogP contribution >= 0.6 is 0 Å². The summed E-state index contributed by atoms with van der Waals surface area (Å²) in [7, 11) is 1.31. The predicted octanol–water partition coefficient (Wildman–Crippen LogP) is 3.54. The van der Waals surface area contributed by atoms with Crippen LogP contribution < -0.4 is 5.73 Å². The lowest BCUT2D eigenvalue weighted by Gasteiger charge is -2.24. The van der Waals surface area contributed by atoms with Crippen molar-refractivity contribution in [2.75, 3.05) is 13.6 Å². The Bertz CT molecular complexity index is 1070. The number of likely N-dealkylation sites (N-methyl/N-ethyl adjacent to an activating group) is 1. The number of alkyl halides is 3. The van der Waals surface area contributed by atoms with Gasteiger partial charge in [0.15, 0.2) is 0 Å². The Kier molecular flexibility index (Phi) is 9.28. The number of hydrogen-bond donors (Lipinski definition) is 1. The zero-order valence-electron chi connectivity index (χ0n) is 18.5. The van der Waals surface area contributed by atoms with Crippen molar-refractivity contribution in [3.8, 4) is 0 Å². The molecule has 0 aromatic carbocycles. The van der Waals surface area contributed by atoms with E-state index in [0.29, 0.717) is 11.3 Å². The molecule has 2 rings (SSSR count). The minimum absolute atomic E-state index is 0.166. The first-order valence-corrected chi connectivity index (χ1v) is 9.37. The number of amidine groups is 2. The van der Waals surface area contributed by atoms with Gasteiger partial charge in [0.25, 0.3) is 5.84 Å². The molecule has 1 atom stereocenters. The van der Waals surface area contributed by atoms with Gasteiger partial charge in [0, 0.05) is 24.7 Å². The molecular formula is C18H22F4N6O6. The molecule has 34 heavy (non-hydrogen) atoms. The zero-order valence-corrected chi connectivity index (χ0v) is 18.5. The molecule has 2 aromatic heterocycles. The highest BCUT2D eigenvalue weighted by Crippen LogP contribution is 2.33. The predicted molar refractivity (Wildman–Crippen MR) is 111 cm³/mol. The third-order valence-corrected chi connectivity index (χ3v) is 4.43. The average Bonchev–Trinajstić information content (AvgIpc) is 3.40. The minimum atomic E-state index is -4.33. The summed E-state index contributed by atoms with van der Waals surface area (Å²) < 4.78 is 62.3. The van der Waals surface area contributed by atoms with Crippen LogP contribution in [-0.4, -0.2) is 46.1 Å². The number of aliphatic imine (C=N–C) groups is 1. The second kappa shape index (κ2) is 11.2. The Morgan fingerprint density at radius 1 is 1.18 bits per heavy atom. The molecule has 2 aromatic rings. The van der Waals surface area contributed by atoms with E-state index in [1.165, 1.54) is 20.2 Å². The number of nitrogens with two attached hydrogens (primary N) is 1. The van der Waals surface area contributed by atoms with Crippen molar-refractivity contribution in [3.63, 3.8) is 0 Å². The van der Waals surface area contributed by atoms with Gasteiger partial charge in [-0.25, -0.2) is 0 Å². The highest BCUT2D eigenvalue weighted by atomic mass is 19.3. The van der Waals surface area contributed by atoms with E-state index < -0.39 is 33.4 Å². The molecule has 16 heteroatoms. The van der Waals surface area contributed by atoms with Crippen LogP contribution in [0.25, 0.3) is 0 Å². The molecule has 2 N–H and O–H groups in total. The molecule has 12 nitrogen and oxygen atoms in total. The lowest BCUT2D eigenvalue weighted by Crippen LogP contribution is -2.47. The van der Waals surface area contributed by atoms with E-state index in [1.54, 1.807) is 19.9 Å². The average molecular weight is 494 g/mol. The Morgan fingerprint density at radius 3 is 2.18 bits per heavy atom. The summed E-state index contributed by atoms with van der Waals surface area (Å²) in [4.78, 5) is 22.2. The van der Waals surface area contributed by atoms with Gasteiger partial charge in [-0.05, 0) is 26.8 Å². The lowest BCUT2D eigenvalue weighted by molar-refractivity contribution is -0.617. The van der Waals surface area contributed by atoms with Gasteiger partial charge in [-0.2, -0.15) is 4.39 Å². The van der Waals surface area contributed by atoms with Gasteiger partial charge in [-0.3, -0.25) is 25.2 Å². The normalized spacial score (nSPS) is 14.1. The first-order valence-electron chi connectivity index (χ1n) is 9.37. The molecule has 188 valence electrons. The van der Waals surface area contributed by atoms with E-state index in [0.717, 1.165) is 17.4 Å². The smallest absolute Gasteiger partial charge is 0.472 e. The van der Waals surface area contributed by atoms with E-state index in [4.69, 9.17) is 14.6 Å². The molecule has 0 bridgehead atoms. The fourth-order valence-corrected chi connectivity index (χ4v) is 2.47. The van der Waals surface area contributed by atoms with Crippen molar-refractivity contribution in [1.82, 2.24) is 4.90 Å². The van der Waals surface area contributed by atoms with Crippen LogP contribution in [0.15, 0.2) is 43.9 Å². The number of hydrogen-bond acceptors (Lipinski definition) is 8. The summed E-state index contributed by atoms with van der Waals surface area (Å²) in [5.41, 5.74) is 5.19. The van der Waals surface area contributed by atoms with Gasteiger partial charge < -0.3 is 19.5 Å². The number of halogens is 4. The molecule has 0 aliphatic carbocycles. The SMILES string of the molecule is CCN(C)C(=NF)C(F)(c1cocc1C)[N+](=O)[O-].Cc1cc(CN=C(N)C(F)(F)[N+](=O)[O-])co1. The van der Waals surface area contributed by atoms with E-state index in [9.17, 15) is 37.9 Å². The Balaban J connectivity index is 0.000000342. The second-order valence-corrected chi connectivity index (χ2v) is 6.84. The maximum Gasteiger partial charge on any atom is 0.571 e. The van der Waals surface area contributed by atoms with Gasteiger partial charge in [0.2, 0.25) is 5.84 Å². The fraction of sp³-hybridized carbons (Fsp3) is 0.444. The molecule has 0 saturated heterocycles. The summed E-state index contributed by atoms with van der Waals surface area (Å²) in [5.74, 6) is -4.92. The molecule has 0 aliphatic heterocycles. The van der Waals surface area contributed by atoms with Gasteiger partial charge in [-0.1, -0.05) is 9.70 Å². The van der Waals surface area contributed by atoms with Crippen LogP contribution in [0.3, 0.4) is 0 Å². The number of nitrogens with zero attached hydrogens (tertiary/aromatic N) is 5. The monoisotopic (exact) mass is 494 g/mol. The molecular weight excluding hydrogens is 472 g/mol. The minimum Gasteiger partial charge on any atom is -0.472 e. The largest absolute Gasteiger partial charge is 0.571 e. The molecule has 0 saturated carbocycles. The van der Waals surface area contributed by atoms with Crippen LogP contribution in [0, 0.1) is 34.1 Å². The molecule has 0 amide bonds. The highest BCUT2D eigenvalue weighted by Gasteiger charge is 2.55. The fourth-order valence-electron chi connectivity index (χ4n) is 2.47. The van der Waals surface area contributed by atoms with Gasteiger partial charge in [-0.15, -0.1) is 8.78 Å². The Labute approximate surface area is 190 Å². The van der Waals surface area contributed by atoms with E-state index in [1.807, 2.05) is 0 Å². The first-order chi connectivity index (χ1) is 15.7. The van der Waals surface area contributed by atoms with Crippen molar-refractivity contribution in [3.05, 3.63) is 67.5 Å². The van der Waals surface area contributed by atoms with Crippen LogP contribution in [0.2, 0.25) is 0 Å². The third-order valence-electron chi connectivity index (χ3n) is 4.43. The Hall–Kier alpha value is -3.98. The number of nitro groups is 2. The van der Waals surface area contributed by atoms with E-state index >= 15 is 0 Å². The molecule has 0 fully saturated rings. The number of aryl methyl sites for hydroxylation is 2. The quantitative estimate of drug-likeness (QED) is 0.145. The van der Waals surface area contributed by atoms with Crippen molar-refractivity contribution >= 4 is 11.7 Å². The summed E-state index contributed by atoms with van der Waals surface area (Å²) in [6, 6.07) is -2.76. The van der Waals surface area contributed by atoms with Gasteiger partial charge >= 0.3 is 11.8 Å². The van der Waals surface area contributed by atoms with Crippen molar-refractivity contribution in [2.45, 2.75) is 39.2 Å². The summed E-state index contributed by atoms with van der Waals surface area (Å²) in [6.07, 6.45) is 3.35. The maximum atomic E-state index is 14.7. The van der Waals surface area contributed by atoms with Gasteiger partial charge in [0.1, 0.15) is 22.5 Å². The molecule has 2 heterocycles. The molecule has 0 spiro atoms. The lowest BCUT2D eigenvalue weighted by atomic mass is 10.0. The standard InChI is InChI=1S/C10H13F2N3O3.C8H9F2N3O3/c1-4-14(3)9(13-12)10(11,15(16)17)8-6-18-5-7(8)2;1-5-2-6(4-16-5)3-12-7(11)8(9,10)13(14)15/h5-6H,4H2,1-3H3;2,4H,3H2,1H3,(H2,11,12). The third kappa shape index (κ3) is 6.08. The summed E-state index contributed by atoms with van der Waals surface area (Å²) in [5, 5.41) is 23.2. The zero-order chi connectivity index (χ0) is 26.3. The van der Waals surface area contributed by atoms with E-state index in [2.05, 4.69) is 10.2 Å². The van der Waals surface area contributed by atoms with Crippen molar-refractivity contribution < 1.29 is 36.3 Å². The van der Waals surface area contributed by atoms with Gasteiger partial charge in [0.05, 0.1) is 24.0 Å². The maximum absolute atomic E-state index is 14.7. The highest BCUT2D eigenvalue weighted by molar-refractivity contribution is 5.89. The summed E-state index contributed by atoms with van der Waals surface area (Å²) in [6.45, 7) is 4.67. The molecule has 0 radical (unpaired) electrons.